The van der Waals surface area contributed by atoms with Crippen molar-refractivity contribution in [2.24, 2.45) is 10.2 Å². The van der Waals surface area contributed by atoms with Gasteiger partial charge in [-0.05, 0) is 102 Å². The van der Waals surface area contributed by atoms with Crippen LogP contribution in [0.5, 0.6) is 0 Å². The number of halogens is 2. The zero-order valence-electron chi connectivity index (χ0n) is 38.8. The van der Waals surface area contributed by atoms with Gasteiger partial charge in [0.1, 0.15) is 0 Å². The fourth-order valence-corrected chi connectivity index (χ4v) is 7.38. The molecular weight excluding hydrogens is 846 g/mol. The molecule has 0 spiro atoms. The van der Waals surface area contributed by atoms with Gasteiger partial charge in [0.05, 0.1) is 22.8 Å². The zero-order chi connectivity index (χ0) is 47.0. The molecule has 0 aliphatic carbocycles. The second-order valence-corrected chi connectivity index (χ2v) is 16.4. The topological polar surface area (TPSA) is 110 Å². The summed E-state index contributed by atoms with van der Waals surface area (Å²) in [4.78, 5) is 11.0. The van der Waals surface area contributed by atoms with Gasteiger partial charge in [-0.15, -0.1) is 20.4 Å². The minimum absolute atomic E-state index is 0.312. The van der Waals surface area contributed by atoms with E-state index in [9.17, 15) is 0 Å². The van der Waals surface area contributed by atoms with Gasteiger partial charge in [-0.3, -0.25) is 14.5 Å². The maximum atomic E-state index is 6.13. The molecule has 0 amide bonds. The Bertz CT molecular complexity index is 2810. The van der Waals surface area contributed by atoms with Gasteiger partial charge < -0.3 is 10.6 Å². The summed E-state index contributed by atoms with van der Waals surface area (Å²) in [6, 6.07) is 50.0. The molecule has 3 aromatic heterocycles. The number of para-hydroxylation sites is 1. The molecule has 8 aromatic rings. The highest BCUT2D eigenvalue weighted by atomic mass is 35.5. The first kappa shape index (κ1) is 49.1. The van der Waals surface area contributed by atoms with Crippen molar-refractivity contribution in [1.82, 2.24) is 24.7 Å². The number of aromatic nitrogens is 5. The first-order valence-corrected chi connectivity index (χ1v) is 21.9. The van der Waals surface area contributed by atoms with Gasteiger partial charge >= 0.3 is 0 Å². The van der Waals surface area contributed by atoms with Gasteiger partial charge in [-0.25, -0.2) is 0 Å². The van der Waals surface area contributed by atoms with Gasteiger partial charge in [0.2, 0.25) is 0 Å². The Balaban J connectivity index is 0.000000180. The molecule has 0 aliphatic heterocycles. The van der Waals surface area contributed by atoms with Crippen molar-refractivity contribution in [2.75, 3.05) is 24.7 Å². The SMILES string of the molecule is CN(C)c1ccccc1.Cc1cc(C)c(-n2c(-c3ccccc3)nnc2-c2ccccc2C)c(C)n1.Cc1cc(C)c(N)c(C)n1.Cc1ccccc1/C(Cl)=N/N=C(\Cl)c1ccccc1. The fourth-order valence-electron chi connectivity index (χ4n) is 6.96. The Morgan fingerprint density at radius 1 is 0.523 bits per heavy atom. The number of rotatable bonds is 7. The third-order valence-corrected chi connectivity index (χ3v) is 10.8. The molecule has 65 heavy (non-hydrogen) atoms. The average molecular weight is 903 g/mol. The summed E-state index contributed by atoms with van der Waals surface area (Å²) >= 11 is 12.2. The van der Waals surface area contributed by atoms with Crippen LogP contribution in [0.3, 0.4) is 0 Å². The van der Waals surface area contributed by atoms with E-state index >= 15 is 0 Å². The number of nitrogens with zero attached hydrogens (tertiary/aromatic N) is 8. The number of anilines is 2. The molecule has 9 nitrogen and oxygen atoms in total. The molecule has 0 bridgehead atoms. The predicted octanol–water partition coefficient (Wildman–Crippen LogP) is 13.2. The Morgan fingerprint density at radius 3 is 1.57 bits per heavy atom. The minimum Gasteiger partial charge on any atom is -0.397 e. The van der Waals surface area contributed by atoms with E-state index in [0.29, 0.717) is 10.3 Å². The summed E-state index contributed by atoms with van der Waals surface area (Å²) in [6.07, 6.45) is 0. The number of aryl methyl sites for hydroxylation is 8. The van der Waals surface area contributed by atoms with E-state index in [-0.39, 0.29) is 0 Å². The van der Waals surface area contributed by atoms with Crippen LogP contribution in [0.2, 0.25) is 0 Å². The van der Waals surface area contributed by atoms with Crippen LogP contribution in [0.1, 0.15) is 56.2 Å². The molecule has 332 valence electrons. The van der Waals surface area contributed by atoms with Crippen LogP contribution in [0.4, 0.5) is 11.4 Å². The molecule has 0 saturated carbocycles. The lowest BCUT2D eigenvalue weighted by Crippen LogP contribution is -2.07. The molecule has 0 saturated heterocycles. The van der Waals surface area contributed by atoms with Gasteiger partial charge in [0.25, 0.3) is 0 Å². The third-order valence-electron chi connectivity index (χ3n) is 10.3. The van der Waals surface area contributed by atoms with Gasteiger partial charge in [-0.2, -0.15) is 0 Å². The fraction of sp³-hybridized carbons (Fsp3) is 0.185. The van der Waals surface area contributed by atoms with Crippen LogP contribution in [0, 0.1) is 55.4 Å². The monoisotopic (exact) mass is 901 g/mol. The van der Waals surface area contributed by atoms with E-state index in [2.05, 4.69) is 91.2 Å². The van der Waals surface area contributed by atoms with Crippen LogP contribution in [-0.2, 0) is 0 Å². The zero-order valence-corrected chi connectivity index (χ0v) is 40.4. The molecule has 0 radical (unpaired) electrons. The summed E-state index contributed by atoms with van der Waals surface area (Å²) in [7, 11) is 4.07. The maximum absolute atomic E-state index is 6.13. The first-order chi connectivity index (χ1) is 31.2. The maximum Gasteiger partial charge on any atom is 0.169 e. The second kappa shape index (κ2) is 23.7. The number of hydrogen-bond donors (Lipinski definition) is 1. The molecule has 8 rings (SSSR count). The summed E-state index contributed by atoms with van der Waals surface area (Å²) in [5, 5.41) is 17.7. The molecule has 0 unspecified atom stereocenters. The van der Waals surface area contributed by atoms with E-state index in [4.69, 9.17) is 33.9 Å². The van der Waals surface area contributed by atoms with Crippen LogP contribution in [0.15, 0.2) is 162 Å². The standard InChI is InChI=1S/C23H22N4.C15H12Cl2N2.C8H12N2.C8H11N/c1-15-10-8-9-13-20(15)23-26-25-22(19-11-6-5-7-12-19)27(23)21-16(2)14-17(3)24-18(21)4;1-11-7-5-6-10-13(11)15(17)19-18-14(16)12-8-3-2-4-9-12;1-5-4-6(2)10-7(3)8(5)9;1-9(2)8-6-4-3-5-7-8/h5-14H,1-4H3;2-10H,1H3;4H,9H2,1-3H3;3-7H,1-2H3/b;18-14-,19-15-;;. The van der Waals surface area contributed by atoms with E-state index < -0.39 is 0 Å². The highest BCUT2D eigenvalue weighted by Crippen LogP contribution is 2.32. The van der Waals surface area contributed by atoms with Crippen molar-refractivity contribution in [3.63, 3.8) is 0 Å². The van der Waals surface area contributed by atoms with E-state index in [0.717, 1.165) is 84.7 Å². The number of nitrogens with two attached hydrogens (primary N) is 1. The number of nitrogen functional groups attached to an aromatic ring is 1. The lowest BCUT2D eigenvalue weighted by Gasteiger charge is -2.17. The predicted molar refractivity (Wildman–Crippen MR) is 275 cm³/mol. The van der Waals surface area contributed by atoms with E-state index in [1.54, 1.807) is 0 Å². The summed E-state index contributed by atoms with van der Waals surface area (Å²) in [6.45, 7) is 16.2. The van der Waals surface area contributed by atoms with Crippen molar-refractivity contribution in [2.45, 2.75) is 55.4 Å². The smallest absolute Gasteiger partial charge is 0.169 e. The molecule has 0 aliphatic rings. The first-order valence-electron chi connectivity index (χ1n) is 21.2. The van der Waals surface area contributed by atoms with Crippen LogP contribution in [0.25, 0.3) is 28.5 Å². The average Bonchev–Trinajstić information content (AvgIpc) is 3.73. The van der Waals surface area contributed by atoms with Gasteiger partial charge in [0.15, 0.2) is 22.0 Å². The van der Waals surface area contributed by atoms with Crippen molar-refractivity contribution < 1.29 is 0 Å². The van der Waals surface area contributed by atoms with Crippen LogP contribution in [-0.4, -0.2) is 49.2 Å². The number of hydrogen-bond acceptors (Lipinski definition) is 8. The molecule has 2 N–H and O–H groups in total. The molecular formula is C54H57Cl2N9. The normalized spacial score (nSPS) is 11.0. The third kappa shape index (κ3) is 13.5. The molecule has 3 heterocycles. The molecule has 5 aromatic carbocycles. The second-order valence-electron chi connectivity index (χ2n) is 15.7. The quantitative estimate of drug-likeness (QED) is 0.126. The van der Waals surface area contributed by atoms with E-state index in [1.165, 1.54) is 11.3 Å². The lowest BCUT2D eigenvalue weighted by atomic mass is 10.1. The summed E-state index contributed by atoms with van der Waals surface area (Å²) < 4.78 is 2.15. The Labute approximate surface area is 394 Å². The number of pyridine rings is 2. The van der Waals surface area contributed by atoms with Gasteiger partial charge in [0, 0.05) is 53.4 Å². The minimum atomic E-state index is 0.312. The lowest BCUT2D eigenvalue weighted by molar-refractivity contribution is 0.982. The van der Waals surface area contributed by atoms with Crippen molar-refractivity contribution in [3.8, 4) is 28.5 Å². The Kier molecular flexibility index (Phi) is 17.9. The Morgan fingerprint density at radius 2 is 1.02 bits per heavy atom. The molecule has 0 atom stereocenters. The molecule has 11 heteroatoms. The summed E-state index contributed by atoms with van der Waals surface area (Å²) in [5.74, 6) is 1.66. The largest absolute Gasteiger partial charge is 0.397 e. The van der Waals surface area contributed by atoms with Crippen LogP contribution >= 0.6 is 23.2 Å². The summed E-state index contributed by atoms with van der Waals surface area (Å²) in [5.41, 5.74) is 21.0. The van der Waals surface area contributed by atoms with Crippen molar-refractivity contribution in [3.05, 3.63) is 208 Å². The highest BCUT2D eigenvalue weighted by molar-refractivity contribution is 6.71. The Hall–Kier alpha value is -6.94. The van der Waals surface area contributed by atoms with Crippen LogP contribution < -0.4 is 10.6 Å². The van der Waals surface area contributed by atoms with E-state index in [1.807, 2.05) is 165 Å². The number of benzene rings is 5. The molecule has 0 fully saturated rings. The van der Waals surface area contributed by atoms with Crippen molar-refractivity contribution >= 4 is 44.9 Å². The van der Waals surface area contributed by atoms with Gasteiger partial charge in [-0.1, -0.05) is 151 Å². The van der Waals surface area contributed by atoms with Crippen molar-refractivity contribution in [1.29, 1.82) is 0 Å². The highest BCUT2D eigenvalue weighted by Gasteiger charge is 2.21.